The van der Waals surface area contributed by atoms with Crippen molar-refractivity contribution >= 4 is 11.5 Å². The van der Waals surface area contributed by atoms with Crippen molar-refractivity contribution in [1.82, 2.24) is 0 Å². The van der Waals surface area contributed by atoms with Crippen molar-refractivity contribution in [2.45, 2.75) is 83.5 Å². The van der Waals surface area contributed by atoms with Crippen LogP contribution in [0.15, 0.2) is 24.8 Å². The highest BCUT2D eigenvalue weighted by Crippen LogP contribution is 2.41. The summed E-state index contributed by atoms with van der Waals surface area (Å²) in [5.41, 5.74) is 3.43. The molecule has 1 aliphatic rings. The first-order valence-corrected chi connectivity index (χ1v) is 10.9. The Bertz CT molecular complexity index is 812. The Hall–Kier alpha value is -1.93. The molecule has 0 heterocycles. The summed E-state index contributed by atoms with van der Waals surface area (Å²) in [4.78, 5) is 12.9. The van der Waals surface area contributed by atoms with Gasteiger partial charge in [0.25, 0.3) is 11.8 Å². The summed E-state index contributed by atoms with van der Waals surface area (Å²) in [7, 11) is 0. The predicted molar refractivity (Wildman–Crippen MR) is 116 cm³/mol. The van der Waals surface area contributed by atoms with E-state index in [1.165, 1.54) is 6.92 Å². The fourth-order valence-electron chi connectivity index (χ4n) is 4.22. The second-order valence-electron chi connectivity index (χ2n) is 9.04. The van der Waals surface area contributed by atoms with Crippen LogP contribution in [0.3, 0.4) is 0 Å². The Morgan fingerprint density at radius 2 is 1.81 bits per heavy atom. The molecule has 0 radical (unpaired) electrons. The third-order valence-corrected chi connectivity index (χ3v) is 6.09. The number of ether oxygens (including phenoxy) is 1. The fraction of sp³-hybridized carbons (Fsp3) is 0.625. The molecule has 1 aromatic rings. The summed E-state index contributed by atoms with van der Waals surface area (Å²) in [6.07, 6.45) is 1.73. The first-order valence-electron chi connectivity index (χ1n) is 10.9. The van der Waals surface area contributed by atoms with E-state index in [-0.39, 0.29) is 30.1 Å². The van der Waals surface area contributed by atoms with Crippen molar-refractivity contribution in [3.05, 3.63) is 41.5 Å². The molecule has 1 fully saturated rings. The van der Waals surface area contributed by atoms with E-state index in [1.54, 1.807) is 0 Å². The van der Waals surface area contributed by atoms with Gasteiger partial charge >= 0.3 is 0 Å². The lowest BCUT2D eigenvalue weighted by atomic mass is 9.80. The van der Waals surface area contributed by atoms with Crippen molar-refractivity contribution in [2.75, 3.05) is 5.73 Å². The topological polar surface area (TPSA) is 72.5 Å². The zero-order chi connectivity index (χ0) is 24.3. The molecule has 0 saturated heterocycles. The number of alkyl halides is 4. The van der Waals surface area contributed by atoms with Gasteiger partial charge in [-0.2, -0.15) is 8.78 Å². The molecule has 1 unspecified atom stereocenters. The summed E-state index contributed by atoms with van der Waals surface area (Å²) in [5, 5.41) is 9.69. The number of aliphatic hydroxyl groups excluding tert-OH is 1. The van der Waals surface area contributed by atoms with Gasteiger partial charge < -0.3 is 15.6 Å². The zero-order valence-corrected chi connectivity index (χ0v) is 18.8. The predicted octanol–water partition coefficient (Wildman–Crippen LogP) is 5.71. The number of benzene rings is 1. The summed E-state index contributed by atoms with van der Waals surface area (Å²) < 4.78 is 62.3. The van der Waals surface area contributed by atoms with Gasteiger partial charge in [-0.15, -0.1) is 0 Å². The molecule has 2 rings (SSSR count). The molecule has 0 aromatic heterocycles. The van der Waals surface area contributed by atoms with E-state index in [4.69, 9.17) is 10.5 Å². The van der Waals surface area contributed by atoms with Crippen LogP contribution >= 0.6 is 0 Å². The Morgan fingerprint density at radius 3 is 2.31 bits per heavy atom. The smallest absolute Gasteiger partial charge is 0.293 e. The molecule has 1 aromatic carbocycles. The van der Waals surface area contributed by atoms with Crippen LogP contribution in [0, 0.1) is 11.8 Å². The number of allylic oxidation sites excluding steroid dienone is 1. The van der Waals surface area contributed by atoms with Crippen molar-refractivity contribution in [1.29, 1.82) is 0 Å². The first-order chi connectivity index (χ1) is 14.7. The number of nitrogens with two attached hydrogens (primary N) is 1. The maximum atomic E-state index is 14.4. The molecule has 0 bridgehead atoms. The lowest BCUT2D eigenvalue weighted by Gasteiger charge is -2.28. The second kappa shape index (κ2) is 10.3. The van der Waals surface area contributed by atoms with E-state index in [0.29, 0.717) is 18.9 Å². The van der Waals surface area contributed by atoms with Gasteiger partial charge in [-0.05, 0) is 55.4 Å². The lowest BCUT2D eigenvalue weighted by molar-refractivity contribution is -0.155. The highest BCUT2D eigenvalue weighted by Gasteiger charge is 2.37. The van der Waals surface area contributed by atoms with Crippen molar-refractivity contribution in [3.63, 3.8) is 0 Å². The van der Waals surface area contributed by atoms with Crippen LogP contribution < -0.4 is 5.73 Å². The summed E-state index contributed by atoms with van der Waals surface area (Å²) in [6.45, 7) is 7.12. The number of nitrogen functional groups attached to an aromatic ring is 1. The van der Waals surface area contributed by atoms with Crippen molar-refractivity contribution < 1.29 is 32.2 Å². The van der Waals surface area contributed by atoms with Crippen LogP contribution in [0.25, 0.3) is 0 Å². The molecular formula is C24H33F4NO3. The standard InChI is InChI=1S/C24H33F4NO3/c1-5-24(27,28)19-11-17(10-18(22(19)29)23(4,25)26)13-21(32-15(3)30)20(31)12-16-8-6-14(2)7-9-16/h5,10-11,14-16,21,30H,1,6-9,12-13,29H2,2-4H3/t14?,15?,16?,21-/m1/s1. The third-order valence-electron chi connectivity index (χ3n) is 6.09. The molecule has 0 spiro atoms. The number of hydrogen-bond acceptors (Lipinski definition) is 4. The molecule has 0 aliphatic heterocycles. The SMILES string of the molecule is C=CC(F)(F)c1cc(C[C@@H](OC(C)O)C(=O)CC2CCC(C)CC2)cc(C(C)(F)F)c1N. The van der Waals surface area contributed by atoms with Gasteiger partial charge in [0.1, 0.15) is 6.10 Å². The quantitative estimate of drug-likeness (QED) is 0.203. The van der Waals surface area contributed by atoms with E-state index in [0.717, 1.165) is 37.8 Å². The molecule has 180 valence electrons. The normalized spacial score (nSPS) is 21.8. The van der Waals surface area contributed by atoms with Crippen molar-refractivity contribution in [2.24, 2.45) is 11.8 Å². The number of Topliss-reactive ketones (excluding diaryl/α,β-unsaturated/α-hetero) is 1. The number of carbonyl (C=O) groups excluding carboxylic acids is 1. The number of hydrogen-bond donors (Lipinski definition) is 2. The Morgan fingerprint density at radius 1 is 1.25 bits per heavy atom. The monoisotopic (exact) mass is 459 g/mol. The minimum absolute atomic E-state index is 0.0449. The molecule has 1 saturated carbocycles. The highest BCUT2D eigenvalue weighted by atomic mass is 19.3. The van der Waals surface area contributed by atoms with Gasteiger partial charge in [0.05, 0.1) is 5.69 Å². The van der Waals surface area contributed by atoms with Crippen LogP contribution in [0.4, 0.5) is 23.2 Å². The van der Waals surface area contributed by atoms with Crippen LogP contribution in [0.1, 0.15) is 69.6 Å². The van der Waals surface area contributed by atoms with E-state index >= 15 is 0 Å². The summed E-state index contributed by atoms with van der Waals surface area (Å²) in [6, 6.07) is 2.02. The van der Waals surface area contributed by atoms with Gasteiger partial charge in [0.15, 0.2) is 12.1 Å². The Labute approximate surface area is 186 Å². The van der Waals surface area contributed by atoms with E-state index in [1.807, 2.05) is 0 Å². The lowest BCUT2D eigenvalue weighted by Crippen LogP contribution is -2.32. The van der Waals surface area contributed by atoms with E-state index in [9.17, 15) is 27.5 Å². The van der Waals surface area contributed by atoms with Gasteiger partial charge in [0, 0.05) is 30.9 Å². The molecular weight excluding hydrogens is 426 g/mol. The van der Waals surface area contributed by atoms with Gasteiger partial charge in [-0.1, -0.05) is 26.3 Å². The number of rotatable bonds is 10. The van der Waals surface area contributed by atoms with Crippen LogP contribution in [-0.2, 0) is 27.8 Å². The van der Waals surface area contributed by atoms with E-state index in [2.05, 4.69) is 13.5 Å². The number of ketones is 1. The van der Waals surface area contributed by atoms with Crippen LogP contribution in [0.5, 0.6) is 0 Å². The highest BCUT2D eigenvalue weighted by molar-refractivity contribution is 5.83. The minimum Gasteiger partial charge on any atom is -0.398 e. The number of aliphatic hydroxyl groups is 1. The first kappa shape index (κ1) is 26.3. The average Bonchev–Trinajstić information content (AvgIpc) is 2.69. The fourth-order valence-corrected chi connectivity index (χ4v) is 4.22. The zero-order valence-electron chi connectivity index (χ0n) is 18.8. The second-order valence-corrected chi connectivity index (χ2v) is 9.04. The molecule has 3 N–H and O–H groups in total. The largest absolute Gasteiger partial charge is 0.398 e. The molecule has 8 heteroatoms. The average molecular weight is 460 g/mol. The van der Waals surface area contributed by atoms with Crippen LogP contribution in [0.2, 0.25) is 0 Å². The van der Waals surface area contributed by atoms with Gasteiger partial charge in [-0.3, -0.25) is 4.79 Å². The summed E-state index contributed by atoms with van der Waals surface area (Å²) in [5.74, 6) is -6.61. The van der Waals surface area contributed by atoms with Gasteiger partial charge in [0.2, 0.25) is 0 Å². The number of carbonyl (C=O) groups is 1. The molecule has 32 heavy (non-hydrogen) atoms. The Kier molecular flexibility index (Phi) is 8.50. The molecule has 2 atom stereocenters. The van der Waals surface area contributed by atoms with Crippen molar-refractivity contribution in [3.8, 4) is 0 Å². The maximum Gasteiger partial charge on any atom is 0.293 e. The maximum absolute atomic E-state index is 14.4. The molecule has 4 nitrogen and oxygen atoms in total. The minimum atomic E-state index is -3.64. The summed E-state index contributed by atoms with van der Waals surface area (Å²) >= 11 is 0. The van der Waals surface area contributed by atoms with Crippen LogP contribution in [-0.4, -0.2) is 23.3 Å². The van der Waals surface area contributed by atoms with E-state index < -0.39 is 41.1 Å². The van der Waals surface area contributed by atoms with Gasteiger partial charge in [-0.25, -0.2) is 8.78 Å². The Balaban J connectivity index is 2.36. The molecule has 1 aliphatic carbocycles. The number of halogens is 4. The number of anilines is 1. The molecule has 0 amide bonds. The third kappa shape index (κ3) is 6.78.